The Kier molecular flexibility index (Phi) is 4.63. The second kappa shape index (κ2) is 7.41. The van der Waals surface area contributed by atoms with Crippen LogP contribution in [0.25, 0.3) is 33.3 Å². The molecule has 0 saturated carbocycles. The number of H-pyrrole nitrogens is 1. The zero-order valence-corrected chi connectivity index (χ0v) is 16.3. The summed E-state index contributed by atoms with van der Waals surface area (Å²) in [6.07, 6.45) is 5.62. The number of rotatable bonds is 4. The average molecular weight is 392 g/mol. The molecule has 1 saturated heterocycles. The van der Waals surface area contributed by atoms with Crippen molar-refractivity contribution < 1.29 is 0 Å². The Morgan fingerprint density at radius 3 is 2.89 bits per heavy atom. The number of pyridine rings is 1. The van der Waals surface area contributed by atoms with Crippen LogP contribution in [-0.2, 0) is 0 Å². The molecule has 5 rings (SSSR count). The van der Waals surface area contributed by atoms with Crippen LogP contribution in [-0.4, -0.2) is 34.1 Å². The van der Waals surface area contributed by atoms with Crippen LogP contribution in [0.2, 0.25) is 5.02 Å². The van der Waals surface area contributed by atoms with Crippen LogP contribution < -0.4 is 10.6 Å². The fourth-order valence-corrected chi connectivity index (χ4v) is 4.11. The van der Waals surface area contributed by atoms with E-state index < -0.39 is 0 Å². The quantitative estimate of drug-likeness (QED) is 0.458. The summed E-state index contributed by atoms with van der Waals surface area (Å²) in [7, 11) is 0. The fourth-order valence-electron chi connectivity index (χ4n) is 3.94. The zero-order valence-electron chi connectivity index (χ0n) is 15.5. The van der Waals surface area contributed by atoms with Crippen LogP contribution >= 0.6 is 11.6 Å². The first kappa shape index (κ1) is 17.5. The van der Waals surface area contributed by atoms with Gasteiger partial charge in [-0.2, -0.15) is 0 Å². The first-order valence-electron chi connectivity index (χ1n) is 9.78. The number of piperidine rings is 1. The molecule has 0 amide bonds. The van der Waals surface area contributed by atoms with E-state index in [9.17, 15) is 0 Å². The van der Waals surface area contributed by atoms with Gasteiger partial charge in [-0.05, 0) is 49.7 Å². The van der Waals surface area contributed by atoms with E-state index >= 15 is 0 Å². The predicted octanol–water partition coefficient (Wildman–Crippen LogP) is 4.99. The third-order valence-corrected chi connectivity index (χ3v) is 5.65. The van der Waals surface area contributed by atoms with Crippen LogP contribution in [0.1, 0.15) is 19.3 Å². The lowest BCUT2D eigenvalue weighted by Gasteiger charge is -2.25. The lowest BCUT2D eigenvalue weighted by atomic mass is 10.0. The van der Waals surface area contributed by atoms with Crippen molar-refractivity contribution in [3.8, 4) is 11.4 Å². The van der Waals surface area contributed by atoms with Gasteiger partial charge in [0.2, 0.25) is 0 Å². The van der Waals surface area contributed by atoms with E-state index in [1.54, 1.807) is 0 Å². The van der Waals surface area contributed by atoms with Crippen molar-refractivity contribution in [1.29, 1.82) is 0 Å². The Hall–Kier alpha value is -2.63. The van der Waals surface area contributed by atoms with Gasteiger partial charge in [-0.3, -0.25) is 4.98 Å². The molecule has 2 aromatic heterocycles. The molecule has 1 fully saturated rings. The van der Waals surface area contributed by atoms with Crippen molar-refractivity contribution in [2.75, 3.05) is 18.4 Å². The Bertz CT molecular complexity index is 1100. The number of aromatic amines is 1. The number of nitrogens with zero attached hydrogens (tertiary/aromatic N) is 2. The summed E-state index contributed by atoms with van der Waals surface area (Å²) in [6, 6.07) is 14.4. The highest BCUT2D eigenvalue weighted by molar-refractivity contribution is 6.31. The van der Waals surface area contributed by atoms with Gasteiger partial charge in [0.15, 0.2) is 0 Å². The lowest BCUT2D eigenvalue weighted by Crippen LogP contribution is -2.39. The maximum atomic E-state index is 6.19. The normalized spacial score (nSPS) is 17.2. The molecule has 1 aliphatic heterocycles. The summed E-state index contributed by atoms with van der Waals surface area (Å²) in [6.45, 7) is 1.96. The molecule has 1 atom stereocenters. The number of para-hydroxylation sites is 2. The largest absolute Gasteiger partial charge is 0.382 e. The van der Waals surface area contributed by atoms with Crippen molar-refractivity contribution in [2.24, 2.45) is 0 Å². The van der Waals surface area contributed by atoms with E-state index in [0.29, 0.717) is 11.1 Å². The number of halogens is 1. The number of nitrogens with one attached hydrogen (secondary N) is 3. The predicted molar refractivity (Wildman–Crippen MR) is 116 cm³/mol. The van der Waals surface area contributed by atoms with Crippen LogP contribution in [0.5, 0.6) is 0 Å². The van der Waals surface area contributed by atoms with Crippen molar-refractivity contribution in [3.63, 3.8) is 0 Å². The van der Waals surface area contributed by atoms with Gasteiger partial charge in [-0.1, -0.05) is 30.2 Å². The van der Waals surface area contributed by atoms with Gasteiger partial charge in [0.25, 0.3) is 0 Å². The molecule has 4 aromatic rings. The van der Waals surface area contributed by atoms with Gasteiger partial charge in [0.05, 0.1) is 27.8 Å². The van der Waals surface area contributed by atoms with Gasteiger partial charge in [0, 0.05) is 29.2 Å². The van der Waals surface area contributed by atoms with Crippen molar-refractivity contribution in [3.05, 3.63) is 53.7 Å². The Labute approximate surface area is 168 Å². The van der Waals surface area contributed by atoms with E-state index in [4.69, 9.17) is 16.6 Å². The van der Waals surface area contributed by atoms with Crippen molar-refractivity contribution >= 4 is 39.2 Å². The van der Waals surface area contributed by atoms with Crippen LogP contribution in [0.15, 0.2) is 48.7 Å². The second-order valence-corrected chi connectivity index (χ2v) is 7.78. The molecule has 5 nitrogen and oxygen atoms in total. The summed E-state index contributed by atoms with van der Waals surface area (Å²) in [5.74, 6) is 0.824. The summed E-state index contributed by atoms with van der Waals surface area (Å²) < 4.78 is 0. The van der Waals surface area contributed by atoms with Crippen LogP contribution in [0, 0.1) is 0 Å². The Morgan fingerprint density at radius 1 is 1.11 bits per heavy atom. The van der Waals surface area contributed by atoms with Gasteiger partial charge >= 0.3 is 0 Å². The number of hydrogen-bond acceptors (Lipinski definition) is 4. The third-order valence-electron chi connectivity index (χ3n) is 5.41. The average Bonchev–Trinajstić information content (AvgIpc) is 3.16. The van der Waals surface area contributed by atoms with E-state index in [1.165, 1.54) is 19.3 Å². The minimum Gasteiger partial charge on any atom is -0.382 e. The maximum Gasteiger partial charge on any atom is 0.142 e. The molecule has 28 heavy (non-hydrogen) atoms. The summed E-state index contributed by atoms with van der Waals surface area (Å²) >= 11 is 6.19. The summed E-state index contributed by atoms with van der Waals surface area (Å²) in [5.41, 5.74) is 4.88. The number of aromatic nitrogens is 3. The standard InChI is InChI=1S/C22H22ClN5/c23-14-8-9-16-20(11-14)25-13-17(21(16)26-12-15-5-3-4-10-24-15)22-27-18-6-1-2-7-19(18)28-22/h1-2,6-9,11,13,15,24H,3-5,10,12H2,(H,25,26)(H,27,28). The molecule has 0 radical (unpaired) electrons. The molecule has 2 aromatic carbocycles. The topological polar surface area (TPSA) is 65.6 Å². The third kappa shape index (κ3) is 3.32. The van der Waals surface area contributed by atoms with Gasteiger partial charge in [0.1, 0.15) is 5.82 Å². The van der Waals surface area contributed by atoms with E-state index in [1.807, 2.05) is 48.7 Å². The molecule has 0 spiro atoms. The molecular weight excluding hydrogens is 370 g/mol. The molecule has 3 heterocycles. The molecule has 6 heteroatoms. The lowest BCUT2D eigenvalue weighted by molar-refractivity contribution is 0.414. The maximum absolute atomic E-state index is 6.19. The van der Waals surface area contributed by atoms with Gasteiger partial charge in [-0.25, -0.2) is 4.98 Å². The van der Waals surface area contributed by atoms with E-state index in [-0.39, 0.29) is 0 Å². The minimum atomic E-state index is 0.479. The van der Waals surface area contributed by atoms with Crippen molar-refractivity contribution in [2.45, 2.75) is 25.3 Å². The van der Waals surface area contributed by atoms with E-state index in [0.717, 1.165) is 52.1 Å². The SMILES string of the molecule is Clc1ccc2c(NCC3CCCCN3)c(-c3nc4ccccc4[nH]3)cnc2c1. The smallest absolute Gasteiger partial charge is 0.142 e. The molecule has 1 aliphatic rings. The molecular formula is C22H22ClN5. The van der Waals surface area contributed by atoms with E-state index in [2.05, 4.69) is 20.6 Å². The highest BCUT2D eigenvalue weighted by atomic mass is 35.5. The summed E-state index contributed by atoms with van der Waals surface area (Å²) in [5, 5.41) is 9.03. The van der Waals surface area contributed by atoms with Gasteiger partial charge in [-0.15, -0.1) is 0 Å². The Balaban J connectivity index is 1.59. The molecule has 0 aliphatic carbocycles. The number of hydrogen-bond donors (Lipinski definition) is 3. The number of fused-ring (bicyclic) bond motifs is 2. The monoisotopic (exact) mass is 391 g/mol. The Morgan fingerprint density at radius 2 is 2.04 bits per heavy atom. The second-order valence-electron chi connectivity index (χ2n) is 7.34. The highest BCUT2D eigenvalue weighted by Crippen LogP contribution is 2.34. The highest BCUT2D eigenvalue weighted by Gasteiger charge is 2.17. The van der Waals surface area contributed by atoms with Crippen molar-refractivity contribution in [1.82, 2.24) is 20.3 Å². The zero-order chi connectivity index (χ0) is 18.9. The molecule has 0 bridgehead atoms. The first-order valence-corrected chi connectivity index (χ1v) is 10.2. The minimum absolute atomic E-state index is 0.479. The van der Waals surface area contributed by atoms with Gasteiger partial charge < -0.3 is 15.6 Å². The first-order chi connectivity index (χ1) is 13.8. The fraction of sp³-hybridized carbons (Fsp3) is 0.273. The summed E-state index contributed by atoms with van der Waals surface area (Å²) in [4.78, 5) is 12.9. The number of benzene rings is 2. The van der Waals surface area contributed by atoms with Crippen LogP contribution in [0.4, 0.5) is 5.69 Å². The number of imidazole rings is 1. The van der Waals surface area contributed by atoms with Crippen LogP contribution in [0.3, 0.4) is 0 Å². The number of anilines is 1. The molecule has 1 unspecified atom stereocenters. The molecule has 142 valence electrons. The molecule has 3 N–H and O–H groups in total.